The summed E-state index contributed by atoms with van der Waals surface area (Å²) in [5, 5.41) is 12.0. The Kier molecular flexibility index (Phi) is 3.33. The Morgan fingerprint density at radius 3 is 3.00 bits per heavy atom. The first-order valence-corrected chi connectivity index (χ1v) is 5.74. The quantitative estimate of drug-likeness (QED) is 0.664. The number of rotatable bonds is 3. The van der Waals surface area contributed by atoms with Gasteiger partial charge in [-0.25, -0.2) is 9.78 Å². The molecule has 2 atom stereocenters. The predicted molar refractivity (Wildman–Crippen MR) is 62.8 cm³/mol. The summed E-state index contributed by atoms with van der Waals surface area (Å²) in [6, 6.07) is -1.24. The molecule has 1 aromatic rings. The van der Waals surface area contributed by atoms with E-state index < -0.39 is 18.1 Å². The van der Waals surface area contributed by atoms with Gasteiger partial charge in [0.05, 0.1) is 23.8 Å². The van der Waals surface area contributed by atoms with Crippen LogP contribution in [0.3, 0.4) is 0 Å². The fourth-order valence-corrected chi connectivity index (χ4v) is 1.95. The van der Waals surface area contributed by atoms with Crippen LogP contribution in [0.4, 0.5) is 0 Å². The van der Waals surface area contributed by atoms with Crippen molar-refractivity contribution in [2.45, 2.75) is 32.0 Å². The minimum atomic E-state index is -1.01. The first kappa shape index (κ1) is 12.6. The topological polar surface area (TPSA) is 98.3 Å². The second-order valence-electron chi connectivity index (χ2n) is 4.43. The van der Waals surface area contributed by atoms with Gasteiger partial charge in [-0.2, -0.15) is 0 Å². The molecule has 98 valence electrons. The van der Waals surface area contributed by atoms with Crippen LogP contribution in [0.25, 0.3) is 0 Å². The number of carbonyl (C=O) groups is 2. The van der Waals surface area contributed by atoms with E-state index in [0.717, 1.165) is 11.4 Å². The number of carboxylic acids is 1. The Hall–Kier alpha value is -1.89. The number of imidazole rings is 1. The van der Waals surface area contributed by atoms with Crippen LogP contribution in [0.1, 0.15) is 18.3 Å². The van der Waals surface area contributed by atoms with Gasteiger partial charge in [-0.05, 0) is 6.92 Å². The smallest absolute Gasteiger partial charge is 0.326 e. The maximum absolute atomic E-state index is 12.1. The summed E-state index contributed by atoms with van der Waals surface area (Å²) in [7, 11) is 1.50. The molecule has 7 nitrogen and oxygen atoms in total. The van der Waals surface area contributed by atoms with E-state index in [1.54, 1.807) is 6.33 Å². The van der Waals surface area contributed by atoms with Gasteiger partial charge < -0.3 is 15.0 Å². The average Bonchev–Trinajstić information content (AvgIpc) is 2.82. The summed E-state index contributed by atoms with van der Waals surface area (Å²) >= 11 is 0. The number of aromatic amines is 1. The molecule has 2 heterocycles. The molecular weight excluding hydrogens is 236 g/mol. The molecule has 0 saturated heterocycles. The summed E-state index contributed by atoms with van der Waals surface area (Å²) in [5.41, 5.74) is 1.84. The summed E-state index contributed by atoms with van der Waals surface area (Å²) in [6.45, 7) is 2.03. The Morgan fingerprint density at radius 2 is 2.33 bits per heavy atom. The normalized spacial score (nSPS) is 20.0. The molecule has 3 N–H and O–H groups in total. The fraction of sp³-hybridized carbons (Fsp3) is 0.545. The highest BCUT2D eigenvalue weighted by Gasteiger charge is 2.31. The Labute approximate surface area is 104 Å². The van der Waals surface area contributed by atoms with Crippen LogP contribution in [0.2, 0.25) is 0 Å². The second-order valence-corrected chi connectivity index (χ2v) is 4.43. The molecule has 0 fully saturated rings. The first-order valence-electron chi connectivity index (χ1n) is 5.74. The molecule has 2 unspecified atom stereocenters. The number of aliphatic carboxylic acids is 1. The number of amides is 1. The van der Waals surface area contributed by atoms with E-state index in [1.807, 2.05) is 0 Å². The van der Waals surface area contributed by atoms with Gasteiger partial charge in [0.2, 0.25) is 5.91 Å². The first-order chi connectivity index (χ1) is 8.50. The molecule has 7 heteroatoms. The van der Waals surface area contributed by atoms with Crippen molar-refractivity contribution in [3.05, 3.63) is 17.7 Å². The largest absolute Gasteiger partial charge is 0.480 e. The zero-order valence-electron chi connectivity index (χ0n) is 10.3. The Morgan fingerprint density at radius 1 is 1.61 bits per heavy atom. The lowest BCUT2D eigenvalue weighted by Crippen LogP contribution is -2.52. The summed E-state index contributed by atoms with van der Waals surface area (Å²) in [5.74, 6) is -1.24. The molecule has 2 rings (SSSR count). The number of carboxylic acid groups (broad SMARTS) is 1. The highest BCUT2D eigenvalue weighted by atomic mass is 16.4. The molecule has 0 aliphatic carbocycles. The van der Waals surface area contributed by atoms with Crippen molar-refractivity contribution >= 4 is 11.9 Å². The number of aromatic nitrogens is 2. The van der Waals surface area contributed by atoms with Crippen LogP contribution < -0.4 is 5.32 Å². The van der Waals surface area contributed by atoms with Crippen LogP contribution >= 0.6 is 0 Å². The monoisotopic (exact) mass is 252 g/mol. The van der Waals surface area contributed by atoms with Crippen LogP contribution in [0, 0.1) is 0 Å². The van der Waals surface area contributed by atoms with Crippen LogP contribution in [-0.2, 0) is 22.6 Å². The van der Waals surface area contributed by atoms with Crippen molar-refractivity contribution < 1.29 is 14.7 Å². The Balaban J connectivity index is 2.05. The SMILES string of the molecule is CC(C(=O)O)N(C)C(=O)C1Cc2nc[nH]c2CN1. The van der Waals surface area contributed by atoms with Crippen molar-refractivity contribution in [1.29, 1.82) is 0 Å². The Bertz CT molecular complexity index is 471. The maximum Gasteiger partial charge on any atom is 0.326 e. The lowest BCUT2D eigenvalue weighted by atomic mass is 10.0. The number of carbonyl (C=O) groups excluding carboxylic acids is 1. The van der Waals surface area contributed by atoms with Crippen molar-refractivity contribution in [3.63, 3.8) is 0 Å². The summed E-state index contributed by atoms with van der Waals surface area (Å²) in [6.07, 6.45) is 2.08. The number of nitrogens with zero attached hydrogens (tertiary/aromatic N) is 2. The van der Waals surface area contributed by atoms with E-state index in [0.29, 0.717) is 13.0 Å². The van der Waals surface area contributed by atoms with Crippen molar-refractivity contribution in [1.82, 2.24) is 20.2 Å². The number of hydrogen-bond acceptors (Lipinski definition) is 4. The zero-order valence-corrected chi connectivity index (χ0v) is 10.3. The van der Waals surface area contributed by atoms with E-state index in [2.05, 4.69) is 15.3 Å². The fourth-order valence-electron chi connectivity index (χ4n) is 1.95. The third kappa shape index (κ3) is 2.21. The molecular formula is C11H16N4O3. The molecule has 0 saturated carbocycles. The molecule has 0 radical (unpaired) electrons. The second kappa shape index (κ2) is 4.77. The summed E-state index contributed by atoms with van der Waals surface area (Å²) in [4.78, 5) is 31.4. The third-order valence-electron chi connectivity index (χ3n) is 3.31. The molecule has 1 aliphatic rings. The maximum atomic E-state index is 12.1. The minimum Gasteiger partial charge on any atom is -0.480 e. The zero-order chi connectivity index (χ0) is 13.3. The van der Waals surface area contributed by atoms with Gasteiger partial charge in [0.15, 0.2) is 0 Å². The van der Waals surface area contributed by atoms with Gasteiger partial charge in [-0.15, -0.1) is 0 Å². The molecule has 18 heavy (non-hydrogen) atoms. The third-order valence-corrected chi connectivity index (χ3v) is 3.31. The van der Waals surface area contributed by atoms with Gasteiger partial charge in [0.25, 0.3) is 0 Å². The molecule has 0 aromatic carbocycles. The minimum absolute atomic E-state index is 0.224. The van der Waals surface area contributed by atoms with Gasteiger partial charge in [0.1, 0.15) is 6.04 Å². The van der Waals surface area contributed by atoms with E-state index in [9.17, 15) is 9.59 Å². The van der Waals surface area contributed by atoms with Crippen molar-refractivity contribution in [2.24, 2.45) is 0 Å². The van der Waals surface area contributed by atoms with E-state index in [-0.39, 0.29) is 5.91 Å². The molecule has 1 aliphatic heterocycles. The van der Waals surface area contributed by atoms with Crippen molar-refractivity contribution in [2.75, 3.05) is 7.05 Å². The van der Waals surface area contributed by atoms with Crippen LogP contribution in [-0.4, -0.2) is 51.0 Å². The van der Waals surface area contributed by atoms with Crippen molar-refractivity contribution in [3.8, 4) is 0 Å². The predicted octanol–water partition coefficient (Wildman–Crippen LogP) is -0.644. The van der Waals surface area contributed by atoms with Crippen LogP contribution in [0.15, 0.2) is 6.33 Å². The number of H-pyrrole nitrogens is 1. The van der Waals surface area contributed by atoms with Gasteiger partial charge in [0, 0.05) is 20.0 Å². The van der Waals surface area contributed by atoms with Gasteiger partial charge >= 0.3 is 5.97 Å². The van der Waals surface area contributed by atoms with Gasteiger partial charge in [-0.1, -0.05) is 0 Å². The molecule has 1 aromatic heterocycles. The molecule has 1 amide bonds. The molecule has 0 bridgehead atoms. The number of likely N-dealkylation sites (N-methyl/N-ethyl adjacent to an activating group) is 1. The number of fused-ring (bicyclic) bond motifs is 1. The van der Waals surface area contributed by atoms with Gasteiger partial charge in [-0.3, -0.25) is 10.1 Å². The van der Waals surface area contributed by atoms with E-state index in [4.69, 9.17) is 5.11 Å². The molecule has 0 spiro atoms. The standard InChI is InChI=1S/C11H16N4O3/c1-6(11(17)18)15(2)10(16)8-3-7-9(4-12-8)14-5-13-7/h5-6,8,12H,3-4H2,1-2H3,(H,13,14)(H,17,18). The lowest BCUT2D eigenvalue weighted by molar-refractivity contribution is -0.149. The van der Waals surface area contributed by atoms with E-state index >= 15 is 0 Å². The van der Waals surface area contributed by atoms with Crippen LogP contribution in [0.5, 0.6) is 0 Å². The lowest BCUT2D eigenvalue weighted by Gasteiger charge is -2.29. The van der Waals surface area contributed by atoms with E-state index in [1.165, 1.54) is 18.9 Å². The number of nitrogens with one attached hydrogen (secondary N) is 2. The highest BCUT2D eigenvalue weighted by Crippen LogP contribution is 2.14. The average molecular weight is 252 g/mol. The summed E-state index contributed by atoms with van der Waals surface area (Å²) < 4.78 is 0. The number of hydrogen-bond donors (Lipinski definition) is 3. The highest BCUT2D eigenvalue weighted by molar-refractivity contribution is 5.87.